The van der Waals surface area contributed by atoms with Gasteiger partial charge in [-0.05, 0) is 55.6 Å². The van der Waals surface area contributed by atoms with E-state index in [1.807, 2.05) is 0 Å². The van der Waals surface area contributed by atoms with E-state index in [0.717, 1.165) is 25.7 Å². The molecule has 29 heavy (non-hydrogen) atoms. The lowest BCUT2D eigenvalue weighted by atomic mass is 9.89. The summed E-state index contributed by atoms with van der Waals surface area (Å²) in [5.41, 5.74) is 4.00. The number of ether oxygens (including phenoxy) is 1. The minimum Gasteiger partial charge on any atom is -0.392 e. The minimum atomic E-state index is -0.239. The zero-order valence-electron chi connectivity index (χ0n) is 18.0. The monoisotopic (exact) mass is 397 g/mol. The van der Waals surface area contributed by atoms with Crippen molar-refractivity contribution in [2.45, 2.75) is 45.1 Å². The highest BCUT2D eigenvalue weighted by molar-refractivity contribution is 5.75. The molecule has 0 unspecified atom stereocenters. The van der Waals surface area contributed by atoms with Crippen LogP contribution in [0.5, 0.6) is 0 Å². The van der Waals surface area contributed by atoms with Crippen LogP contribution in [0.25, 0.3) is 0 Å². The van der Waals surface area contributed by atoms with Gasteiger partial charge in [0.25, 0.3) is 0 Å². The van der Waals surface area contributed by atoms with Gasteiger partial charge in [0.2, 0.25) is 5.91 Å². The summed E-state index contributed by atoms with van der Waals surface area (Å²) < 4.78 is 5.73. The maximum absolute atomic E-state index is 11.6. The van der Waals surface area contributed by atoms with Gasteiger partial charge in [-0.15, -0.1) is 0 Å². The van der Waals surface area contributed by atoms with Gasteiger partial charge in [-0.3, -0.25) is 4.79 Å². The van der Waals surface area contributed by atoms with Crippen molar-refractivity contribution in [3.8, 4) is 0 Å². The number of amides is 1. The Bertz CT molecular complexity index is 752. The molecule has 2 aliphatic rings. The number of aryl methyl sites for hydroxylation is 2. The second kappa shape index (κ2) is 10.2. The van der Waals surface area contributed by atoms with E-state index in [1.54, 1.807) is 19.0 Å². The molecule has 0 aliphatic heterocycles. The Balaban J connectivity index is 1.43. The van der Waals surface area contributed by atoms with E-state index in [2.05, 4.69) is 49.4 Å². The van der Waals surface area contributed by atoms with Gasteiger partial charge in [-0.1, -0.05) is 48.1 Å². The van der Waals surface area contributed by atoms with Crippen LogP contribution in [0.1, 0.15) is 36.8 Å². The van der Waals surface area contributed by atoms with Crippen LogP contribution in [0.15, 0.2) is 48.1 Å². The van der Waals surface area contributed by atoms with Gasteiger partial charge in [0.1, 0.15) is 0 Å². The Morgan fingerprint density at radius 1 is 1.34 bits per heavy atom. The molecule has 3 rings (SSSR count). The Morgan fingerprint density at radius 2 is 2.17 bits per heavy atom. The van der Waals surface area contributed by atoms with Gasteiger partial charge in [-0.2, -0.15) is 0 Å². The number of aliphatic hydroxyl groups excluding tert-OH is 1. The lowest BCUT2D eigenvalue weighted by Crippen LogP contribution is -2.23. The SMILES string of the molecule is Cc1cccc(CCC=C[C@@H]2[C@H]3CC(COCCC(=O)N(C)C)=C[C@H]3C[C@H]2O)c1. The van der Waals surface area contributed by atoms with Crippen molar-refractivity contribution in [2.24, 2.45) is 17.8 Å². The number of allylic oxidation sites excluding steroid dienone is 2. The van der Waals surface area contributed by atoms with Crippen molar-refractivity contribution in [2.75, 3.05) is 27.3 Å². The third-order valence-corrected chi connectivity index (χ3v) is 6.24. The molecule has 1 amide bonds. The summed E-state index contributed by atoms with van der Waals surface area (Å²) in [6.07, 6.45) is 10.9. The first-order valence-electron chi connectivity index (χ1n) is 10.8. The lowest BCUT2D eigenvalue weighted by molar-refractivity contribution is -0.129. The maximum Gasteiger partial charge on any atom is 0.224 e. The summed E-state index contributed by atoms with van der Waals surface area (Å²) in [6.45, 7) is 3.20. The molecule has 0 heterocycles. The molecule has 4 nitrogen and oxygen atoms in total. The number of rotatable bonds is 9. The smallest absolute Gasteiger partial charge is 0.224 e. The highest BCUT2D eigenvalue weighted by Gasteiger charge is 2.43. The summed E-state index contributed by atoms with van der Waals surface area (Å²) in [4.78, 5) is 13.2. The first-order chi connectivity index (χ1) is 13.9. The Labute approximate surface area is 175 Å². The van der Waals surface area contributed by atoms with E-state index in [-0.39, 0.29) is 17.9 Å². The van der Waals surface area contributed by atoms with E-state index in [9.17, 15) is 9.90 Å². The summed E-state index contributed by atoms with van der Waals surface area (Å²) in [5.74, 6) is 1.28. The van der Waals surface area contributed by atoms with Crippen LogP contribution in [0.3, 0.4) is 0 Å². The maximum atomic E-state index is 11.6. The number of benzene rings is 1. The molecule has 4 heteroatoms. The summed E-state index contributed by atoms with van der Waals surface area (Å²) >= 11 is 0. The second-order valence-corrected chi connectivity index (χ2v) is 8.78. The lowest BCUT2D eigenvalue weighted by Gasteiger charge is -2.18. The van der Waals surface area contributed by atoms with Gasteiger partial charge in [-0.25, -0.2) is 0 Å². The van der Waals surface area contributed by atoms with Crippen molar-refractivity contribution in [3.05, 3.63) is 59.2 Å². The molecular weight excluding hydrogens is 362 g/mol. The first-order valence-corrected chi connectivity index (χ1v) is 10.8. The Kier molecular flexibility index (Phi) is 7.68. The van der Waals surface area contributed by atoms with Crippen LogP contribution < -0.4 is 0 Å². The average molecular weight is 398 g/mol. The quantitative estimate of drug-likeness (QED) is 0.507. The fourth-order valence-corrected chi connectivity index (χ4v) is 4.67. The first kappa shape index (κ1) is 21.8. The molecule has 1 aromatic carbocycles. The number of fused-ring (bicyclic) bond motifs is 1. The number of carbonyl (C=O) groups excluding carboxylic acids is 1. The molecule has 0 saturated heterocycles. The highest BCUT2D eigenvalue weighted by atomic mass is 16.5. The van der Waals surface area contributed by atoms with Gasteiger partial charge in [0, 0.05) is 20.0 Å². The molecule has 158 valence electrons. The number of hydrogen-bond acceptors (Lipinski definition) is 3. The zero-order valence-corrected chi connectivity index (χ0v) is 18.0. The van der Waals surface area contributed by atoms with Gasteiger partial charge in [0.05, 0.1) is 25.7 Å². The van der Waals surface area contributed by atoms with Crippen LogP contribution >= 0.6 is 0 Å². The molecule has 0 spiro atoms. The van der Waals surface area contributed by atoms with Crippen molar-refractivity contribution in [3.63, 3.8) is 0 Å². The molecule has 1 fully saturated rings. The van der Waals surface area contributed by atoms with E-state index in [0.29, 0.717) is 31.5 Å². The molecule has 0 aromatic heterocycles. The summed E-state index contributed by atoms with van der Waals surface area (Å²) in [6, 6.07) is 8.67. The second-order valence-electron chi connectivity index (χ2n) is 8.78. The Morgan fingerprint density at radius 3 is 2.93 bits per heavy atom. The molecule has 1 saturated carbocycles. The van der Waals surface area contributed by atoms with Crippen molar-refractivity contribution < 1.29 is 14.6 Å². The van der Waals surface area contributed by atoms with E-state index in [1.165, 1.54) is 16.7 Å². The van der Waals surface area contributed by atoms with E-state index in [4.69, 9.17) is 4.74 Å². The average Bonchev–Trinajstić information content (AvgIpc) is 3.19. The molecular formula is C25H35NO3. The number of nitrogens with zero attached hydrogens (tertiary/aromatic N) is 1. The van der Waals surface area contributed by atoms with Crippen LogP contribution in [0.2, 0.25) is 0 Å². The van der Waals surface area contributed by atoms with Crippen LogP contribution in [-0.4, -0.2) is 49.3 Å². The molecule has 2 aliphatic carbocycles. The third-order valence-electron chi connectivity index (χ3n) is 6.24. The molecule has 1 N–H and O–H groups in total. The summed E-state index contributed by atoms with van der Waals surface area (Å²) in [7, 11) is 3.53. The number of aliphatic hydroxyl groups is 1. The van der Waals surface area contributed by atoms with Crippen molar-refractivity contribution in [1.82, 2.24) is 4.90 Å². The van der Waals surface area contributed by atoms with Crippen LogP contribution in [0.4, 0.5) is 0 Å². The molecule has 1 aromatic rings. The molecule has 0 bridgehead atoms. The van der Waals surface area contributed by atoms with Gasteiger partial charge >= 0.3 is 0 Å². The predicted molar refractivity (Wildman–Crippen MR) is 117 cm³/mol. The Hall–Kier alpha value is -1.91. The van der Waals surface area contributed by atoms with Crippen LogP contribution in [-0.2, 0) is 16.0 Å². The van der Waals surface area contributed by atoms with Crippen LogP contribution in [0, 0.1) is 24.7 Å². The number of hydrogen-bond donors (Lipinski definition) is 1. The predicted octanol–water partition coefficient (Wildman–Crippen LogP) is 3.92. The van der Waals surface area contributed by atoms with E-state index >= 15 is 0 Å². The fraction of sp³-hybridized carbons (Fsp3) is 0.560. The molecule has 4 atom stereocenters. The van der Waals surface area contributed by atoms with Crippen molar-refractivity contribution >= 4 is 5.91 Å². The zero-order chi connectivity index (χ0) is 20.8. The van der Waals surface area contributed by atoms with Crippen molar-refractivity contribution in [1.29, 1.82) is 0 Å². The fourth-order valence-electron chi connectivity index (χ4n) is 4.67. The third kappa shape index (κ3) is 6.03. The minimum absolute atomic E-state index is 0.0984. The molecule has 0 radical (unpaired) electrons. The topological polar surface area (TPSA) is 49.8 Å². The number of carbonyl (C=O) groups is 1. The summed E-state index contributed by atoms with van der Waals surface area (Å²) in [5, 5.41) is 10.5. The standard InChI is InChI=1S/C25H35NO3/c1-18-7-6-9-19(13-18)8-4-5-10-22-23-15-20(14-21(23)16-24(22)27)17-29-12-11-25(28)26(2)3/h5-7,9-10,13-14,21-24,27H,4,8,11-12,15-17H2,1-3H3/t21-,22+,23-,24+/m0/s1. The van der Waals surface area contributed by atoms with E-state index < -0.39 is 0 Å². The van der Waals surface area contributed by atoms with Gasteiger partial charge < -0.3 is 14.7 Å². The highest BCUT2D eigenvalue weighted by Crippen LogP contribution is 2.47. The largest absolute Gasteiger partial charge is 0.392 e. The van der Waals surface area contributed by atoms with Gasteiger partial charge in [0.15, 0.2) is 0 Å². The normalized spacial score (nSPS) is 26.0.